The summed E-state index contributed by atoms with van der Waals surface area (Å²) in [6.45, 7) is 2.02. The molecule has 0 atom stereocenters. The first-order valence-electron chi connectivity index (χ1n) is 6.40. The van der Waals surface area contributed by atoms with Gasteiger partial charge in [-0.05, 0) is 30.7 Å². The average Bonchev–Trinajstić information content (AvgIpc) is 2.98. The second kappa shape index (κ2) is 5.17. The molecule has 0 aliphatic rings. The van der Waals surface area contributed by atoms with Crippen LogP contribution < -0.4 is 4.74 Å². The Hall–Kier alpha value is -2.62. The van der Waals surface area contributed by atoms with Gasteiger partial charge in [0.15, 0.2) is 5.82 Å². The molecule has 0 spiro atoms. The Kier molecular flexibility index (Phi) is 3.21. The summed E-state index contributed by atoms with van der Waals surface area (Å²) in [5, 5.41) is 8.25. The quantitative estimate of drug-likeness (QED) is 0.729. The Balaban J connectivity index is 2.10. The van der Waals surface area contributed by atoms with Gasteiger partial charge in [0.25, 0.3) is 0 Å². The number of aromatic nitrogens is 3. The highest BCUT2D eigenvalue weighted by molar-refractivity contribution is 5.61. The van der Waals surface area contributed by atoms with E-state index >= 15 is 0 Å². The van der Waals surface area contributed by atoms with E-state index in [4.69, 9.17) is 4.74 Å². The van der Waals surface area contributed by atoms with Crippen LogP contribution in [-0.2, 0) is 0 Å². The van der Waals surface area contributed by atoms with Crippen molar-refractivity contribution >= 4 is 0 Å². The number of methoxy groups -OCH3 is 1. The molecule has 0 unspecified atom stereocenters. The monoisotopic (exact) mass is 265 g/mol. The van der Waals surface area contributed by atoms with E-state index < -0.39 is 0 Å². The maximum atomic E-state index is 5.37. The molecule has 0 saturated heterocycles. The Labute approximate surface area is 117 Å². The van der Waals surface area contributed by atoms with Crippen LogP contribution >= 0.6 is 0 Å². The minimum atomic E-state index is 0.800. The van der Waals surface area contributed by atoms with Crippen LogP contribution in [0.25, 0.3) is 17.1 Å². The van der Waals surface area contributed by atoms with Crippen molar-refractivity contribution in [1.29, 1.82) is 0 Å². The van der Waals surface area contributed by atoms with E-state index in [1.54, 1.807) is 13.4 Å². The number of rotatable bonds is 3. The van der Waals surface area contributed by atoms with Crippen molar-refractivity contribution in [2.45, 2.75) is 6.92 Å². The van der Waals surface area contributed by atoms with E-state index in [2.05, 4.69) is 10.2 Å². The lowest BCUT2D eigenvalue weighted by Crippen LogP contribution is -1.96. The molecule has 0 fully saturated rings. The highest BCUT2D eigenvalue weighted by Crippen LogP contribution is 2.26. The highest BCUT2D eigenvalue weighted by Gasteiger charge is 2.10. The molecule has 4 nitrogen and oxygen atoms in total. The van der Waals surface area contributed by atoms with Crippen LogP contribution in [0.2, 0.25) is 0 Å². The van der Waals surface area contributed by atoms with Crippen molar-refractivity contribution in [3.05, 3.63) is 60.4 Å². The standard InChI is InChI=1S/C16H15N3O/c1-12-8-9-13(10-15(12)20-2)16-18-17-11-19(16)14-6-4-3-5-7-14/h3-11H,1-2H3. The van der Waals surface area contributed by atoms with Gasteiger partial charge < -0.3 is 4.74 Å². The van der Waals surface area contributed by atoms with E-state index in [1.165, 1.54) is 0 Å². The van der Waals surface area contributed by atoms with Gasteiger partial charge in [-0.25, -0.2) is 0 Å². The van der Waals surface area contributed by atoms with Crippen LogP contribution in [0.3, 0.4) is 0 Å². The highest BCUT2D eigenvalue weighted by atomic mass is 16.5. The largest absolute Gasteiger partial charge is 0.496 e. The molecule has 0 amide bonds. The zero-order chi connectivity index (χ0) is 13.9. The first-order chi connectivity index (χ1) is 9.79. The summed E-state index contributed by atoms with van der Waals surface area (Å²) in [7, 11) is 1.67. The fourth-order valence-electron chi connectivity index (χ4n) is 2.17. The Bertz CT molecular complexity index is 720. The van der Waals surface area contributed by atoms with Gasteiger partial charge in [-0.3, -0.25) is 4.57 Å². The van der Waals surface area contributed by atoms with Gasteiger partial charge >= 0.3 is 0 Å². The van der Waals surface area contributed by atoms with Gasteiger partial charge in [-0.15, -0.1) is 10.2 Å². The van der Waals surface area contributed by atoms with Crippen molar-refractivity contribution in [2.24, 2.45) is 0 Å². The van der Waals surface area contributed by atoms with Gasteiger partial charge in [0.1, 0.15) is 12.1 Å². The number of ether oxygens (including phenoxy) is 1. The zero-order valence-electron chi connectivity index (χ0n) is 11.4. The van der Waals surface area contributed by atoms with Crippen molar-refractivity contribution in [3.63, 3.8) is 0 Å². The molecular weight excluding hydrogens is 250 g/mol. The zero-order valence-corrected chi connectivity index (χ0v) is 11.4. The number of hydrogen-bond donors (Lipinski definition) is 0. The van der Waals surface area contributed by atoms with Crippen molar-refractivity contribution < 1.29 is 4.74 Å². The predicted octanol–water partition coefficient (Wildman–Crippen LogP) is 3.25. The van der Waals surface area contributed by atoms with Crippen LogP contribution in [0.5, 0.6) is 5.75 Å². The summed E-state index contributed by atoms with van der Waals surface area (Å²) < 4.78 is 7.33. The van der Waals surface area contributed by atoms with Gasteiger partial charge in [0.05, 0.1) is 7.11 Å². The van der Waals surface area contributed by atoms with Gasteiger partial charge in [0, 0.05) is 11.3 Å². The van der Waals surface area contributed by atoms with Crippen LogP contribution in [0.1, 0.15) is 5.56 Å². The minimum Gasteiger partial charge on any atom is -0.496 e. The fraction of sp³-hybridized carbons (Fsp3) is 0.125. The van der Waals surface area contributed by atoms with E-state index in [-0.39, 0.29) is 0 Å². The number of benzene rings is 2. The van der Waals surface area contributed by atoms with E-state index in [0.717, 1.165) is 28.4 Å². The van der Waals surface area contributed by atoms with Crippen molar-refractivity contribution in [2.75, 3.05) is 7.11 Å². The molecule has 0 aliphatic carbocycles. The Morgan fingerprint density at radius 3 is 2.60 bits per heavy atom. The van der Waals surface area contributed by atoms with E-state index in [1.807, 2.05) is 60.0 Å². The molecule has 0 N–H and O–H groups in total. The molecule has 3 rings (SSSR count). The molecule has 0 radical (unpaired) electrons. The molecule has 3 aromatic rings. The fourth-order valence-corrected chi connectivity index (χ4v) is 2.17. The van der Waals surface area contributed by atoms with Crippen molar-refractivity contribution in [1.82, 2.24) is 14.8 Å². The minimum absolute atomic E-state index is 0.800. The SMILES string of the molecule is COc1cc(-c2nncn2-c2ccccc2)ccc1C. The van der Waals surface area contributed by atoms with Gasteiger partial charge in [0.2, 0.25) is 0 Å². The molecule has 4 heteroatoms. The maximum absolute atomic E-state index is 5.37. The summed E-state index contributed by atoms with van der Waals surface area (Å²) in [6, 6.07) is 16.1. The second-order valence-electron chi connectivity index (χ2n) is 4.54. The summed E-state index contributed by atoms with van der Waals surface area (Å²) >= 11 is 0. The summed E-state index contributed by atoms with van der Waals surface area (Å²) in [4.78, 5) is 0. The first kappa shape index (κ1) is 12.4. The Morgan fingerprint density at radius 2 is 1.85 bits per heavy atom. The van der Waals surface area contributed by atoms with Gasteiger partial charge in [-0.2, -0.15) is 0 Å². The summed E-state index contributed by atoms with van der Waals surface area (Å²) in [5.74, 6) is 1.65. The summed E-state index contributed by atoms with van der Waals surface area (Å²) in [5.41, 5.74) is 3.11. The molecule has 0 saturated carbocycles. The smallest absolute Gasteiger partial charge is 0.168 e. The lowest BCUT2D eigenvalue weighted by Gasteiger charge is -2.09. The van der Waals surface area contributed by atoms with Crippen molar-refractivity contribution in [3.8, 4) is 22.8 Å². The third-order valence-corrected chi connectivity index (χ3v) is 3.25. The lowest BCUT2D eigenvalue weighted by atomic mass is 10.1. The summed E-state index contributed by atoms with van der Waals surface area (Å²) in [6.07, 6.45) is 1.72. The number of para-hydroxylation sites is 1. The maximum Gasteiger partial charge on any atom is 0.168 e. The molecule has 2 aromatic carbocycles. The lowest BCUT2D eigenvalue weighted by molar-refractivity contribution is 0.412. The topological polar surface area (TPSA) is 39.9 Å². The molecule has 20 heavy (non-hydrogen) atoms. The second-order valence-corrected chi connectivity index (χ2v) is 4.54. The van der Waals surface area contributed by atoms with Crippen LogP contribution in [0, 0.1) is 6.92 Å². The number of aryl methyl sites for hydroxylation is 1. The molecule has 1 aromatic heterocycles. The first-order valence-corrected chi connectivity index (χ1v) is 6.40. The number of hydrogen-bond acceptors (Lipinski definition) is 3. The van der Waals surface area contributed by atoms with Crippen LogP contribution in [0.4, 0.5) is 0 Å². The normalized spacial score (nSPS) is 10.5. The van der Waals surface area contributed by atoms with Crippen LogP contribution in [0.15, 0.2) is 54.9 Å². The average molecular weight is 265 g/mol. The molecular formula is C16H15N3O. The number of nitrogens with zero attached hydrogens (tertiary/aromatic N) is 3. The third-order valence-electron chi connectivity index (χ3n) is 3.25. The van der Waals surface area contributed by atoms with Crippen LogP contribution in [-0.4, -0.2) is 21.9 Å². The molecule has 1 heterocycles. The third kappa shape index (κ3) is 2.16. The predicted molar refractivity (Wildman–Crippen MR) is 78.1 cm³/mol. The van der Waals surface area contributed by atoms with E-state index in [9.17, 15) is 0 Å². The van der Waals surface area contributed by atoms with E-state index in [0.29, 0.717) is 0 Å². The molecule has 0 bridgehead atoms. The van der Waals surface area contributed by atoms with Gasteiger partial charge in [-0.1, -0.05) is 30.3 Å². The molecule has 100 valence electrons. The Morgan fingerprint density at radius 1 is 1.05 bits per heavy atom. The molecule has 0 aliphatic heterocycles.